The molecule has 1 fully saturated rings. The molecule has 0 radical (unpaired) electrons. The highest BCUT2D eigenvalue weighted by atomic mass is 16.5. The van der Waals surface area contributed by atoms with Crippen LogP contribution in [0.1, 0.15) is 72.0 Å². The monoisotopic (exact) mass is 776 g/mol. The quantitative estimate of drug-likeness (QED) is 0.0816. The van der Waals surface area contributed by atoms with E-state index in [1.165, 1.54) is 0 Å². The van der Waals surface area contributed by atoms with E-state index in [0.717, 1.165) is 27.3 Å². The van der Waals surface area contributed by atoms with Crippen LogP contribution in [-0.4, -0.2) is 93.4 Å². The van der Waals surface area contributed by atoms with E-state index in [1.54, 1.807) is 24.5 Å². The Kier molecular flexibility index (Phi) is 11.4. The van der Waals surface area contributed by atoms with Crippen LogP contribution in [0.5, 0.6) is 5.75 Å². The minimum Gasteiger partial charge on any atom is -0.491 e. The molecule has 16 nitrogen and oxygen atoms in total. The highest BCUT2D eigenvalue weighted by Gasteiger charge is 2.45. The number of aromatic amines is 1. The van der Waals surface area contributed by atoms with Gasteiger partial charge in [-0.2, -0.15) is 5.10 Å². The van der Waals surface area contributed by atoms with Gasteiger partial charge in [-0.1, -0.05) is 32.9 Å². The summed E-state index contributed by atoms with van der Waals surface area (Å²) in [7, 11) is 0. The Morgan fingerprint density at radius 1 is 0.895 bits per heavy atom. The van der Waals surface area contributed by atoms with Crippen molar-refractivity contribution in [3.05, 3.63) is 95.4 Å². The van der Waals surface area contributed by atoms with Gasteiger partial charge in [-0.05, 0) is 67.3 Å². The normalized spacial score (nSPS) is 15.6. The number of aromatic nitrogens is 4. The molecule has 1 unspecified atom stereocenters. The van der Waals surface area contributed by atoms with Gasteiger partial charge < -0.3 is 19.5 Å². The topological polar surface area (TPSA) is 199 Å². The fraction of sp³-hybridized carbons (Fsp3) is 0.341. The summed E-state index contributed by atoms with van der Waals surface area (Å²) in [6.45, 7) is 8.08. The van der Waals surface area contributed by atoms with E-state index < -0.39 is 35.7 Å². The molecule has 2 aromatic heterocycles. The van der Waals surface area contributed by atoms with Crippen LogP contribution in [0.25, 0.3) is 16.7 Å². The Hall–Kier alpha value is -6.39. The second-order valence-corrected chi connectivity index (χ2v) is 14.8. The predicted octanol–water partition coefficient (Wildman–Crippen LogP) is 5.14. The second-order valence-electron chi connectivity index (χ2n) is 14.8. The number of anilines is 2. The Balaban J connectivity index is 0.796. The van der Waals surface area contributed by atoms with Gasteiger partial charge in [0.1, 0.15) is 24.7 Å². The van der Waals surface area contributed by atoms with Gasteiger partial charge in [-0.25, -0.2) is 9.78 Å². The third kappa shape index (κ3) is 8.87. The molecule has 57 heavy (non-hydrogen) atoms. The summed E-state index contributed by atoms with van der Waals surface area (Å²) in [5, 5.41) is 14.9. The number of ether oxygens (including phenoxy) is 3. The van der Waals surface area contributed by atoms with E-state index in [1.807, 2.05) is 53.1 Å². The molecule has 6 amide bonds. The highest BCUT2D eigenvalue weighted by molar-refractivity contribution is 6.24. The minimum absolute atomic E-state index is 0.0734. The number of carbonyl (C=O) groups excluding carboxylic acids is 5. The number of aryl methyl sites for hydroxylation is 1. The van der Waals surface area contributed by atoms with Gasteiger partial charge in [0, 0.05) is 47.6 Å². The molecule has 4 heterocycles. The van der Waals surface area contributed by atoms with Crippen molar-refractivity contribution in [1.29, 1.82) is 0 Å². The first-order valence-corrected chi connectivity index (χ1v) is 18.8. The van der Waals surface area contributed by atoms with E-state index in [2.05, 4.69) is 51.9 Å². The van der Waals surface area contributed by atoms with Crippen LogP contribution < -0.4 is 20.7 Å². The average molecular weight is 777 g/mol. The Morgan fingerprint density at radius 2 is 1.67 bits per heavy atom. The minimum atomic E-state index is -0.995. The number of urea groups is 1. The maximum atomic E-state index is 13.3. The molecule has 1 atom stereocenters. The van der Waals surface area contributed by atoms with Crippen molar-refractivity contribution in [3.8, 4) is 11.4 Å². The number of H-pyrrole nitrogens is 1. The standard InChI is InChI=1S/C41H44N8O8/c1-41(2,3)33-23-34(47-46-33)44-40(54)43-26-9-11-27(12-10-26)48-24-42-30-22-28(13-14-31(30)48)57-21-20-56-19-18-55-17-5-7-25-6-4-8-29-36(25)39(53)49(38(29)52)32-15-16-35(50)45-37(32)51/h4,6,8-14,22-24,32H,5,7,15-21H2,1-3H3,(H,45,50,51)(H3,43,44,46,47,54). The van der Waals surface area contributed by atoms with Crippen molar-refractivity contribution in [1.82, 2.24) is 30.0 Å². The summed E-state index contributed by atoms with van der Waals surface area (Å²) >= 11 is 0. The lowest BCUT2D eigenvalue weighted by Crippen LogP contribution is -2.54. The number of hydrogen-bond acceptors (Lipinski definition) is 10. The summed E-state index contributed by atoms with van der Waals surface area (Å²) in [5.74, 6) is -0.949. The smallest absolute Gasteiger partial charge is 0.324 e. The summed E-state index contributed by atoms with van der Waals surface area (Å²) in [6.07, 6.45) is 3.06. The zero-order chi connectivity index (χ0) is 40.1. The summed E-state index contributed by atoms with van der Waals surface area (Å²) < 4.78 is 19.2. The number of nitrogens with one attached hydrogen (secondary N) is 4. The van der Waals surface area contributed by atoms with Gasteiger partial charge in [0.2, 0.25) is 11.8 Å². The molecule has 16 heteroatoms. The van der Waals surface area contributed by atoms with Crippen molar-refractivity contribution in [2.75, 3.05) is 43.7 Å². The largest absolute Gasteiger partial charge is 0.491 e. The highest BCUT2D eigenvalue weighted by Crippen LogP contribution is 2.31. The van der Waals surface area contributed by atoms with Crippen molar-refractivity contribution in [2.24, 2.45) is 0 Å². The Labute approximate surface area is 328 Å². The van der Waals surface area contributed by atoms with Gasteiger partial charge >= 0.3 is 6.03 Å². The number of rotatable bonds is 15. The van der Waals surface area contributed by atoms with E-state index in [-0.39, 0.29) is 23.8 Å². The van der Waals surface area contributed by atoms with Crippen molar-refractivity contribution >= 4 is 52.2 Å². The SMILES string of the molecule is CC(C)(C)c1cc(NC(=O)Nc2ccc(-n3cnc4cc(OCCOCCOCCCc5cccc6c5C(=O)N(C5CCC(=O)NC5=O)C6=O)ccc43)cc2)n[nH]1. The van der Waals surface area contributed by atoms with Crippen LogP contribution in [0.3, 0.4) is 0 Å². The molecule has 3 aromatic carbocycles. The molecule has 5 aromatic rings. The molecule has 2 aliphatic heterocycles. The first-order valence-electron chi connectivity index (χ1n) is 18.8. The number of nitrogens with zero attached hydrogens (tertiary/aromatic N) is 4. The maximum absolute atomic E-state index is 13.3. The average Bonchev–Trinajstić information content (AvgIpc) is 3.89. The zero-order valence-electron chi connectivity index (χ0n) is 31.9. The first kappa shape index (κ1) is 38.9. The van der Waals surface area contributed by atoms with E-state index >= 15 is 0 Å². The molecule has 4 N–H and O–H groups in total. The lowest BCUT2D eigenvalue weighted by molar-refractivity contribution is -0.136. The number of hydrogen-bond donors (Lipinski definition) is 4. The number of fused-ring (bicyclic) bond motifs is 2. The van der Waals surface area contributed by atoms with Gasteiger partial charge in [0.15, 0.2) is 5.82 Å². The molecule has 2 aliphatic rings. The van der Waals surface area contributed by atoms with E-state index in [9.17, 15) is 24.0 Å². The van der Waals surface area contributed by atoms with Crippen LogP contribution in [0.15, 0.2) is 73.1 Å². The molecule has 1 saturated heterocycles. The van der Waals surface area contributed by atoms with E-state index in [0.29, 0.717) is 74.3 Å². The van der Waals surface area contributed by atoms with Crippen molar-refractivity contribution in [3.63, 3.8) is 0 Å². The lowest BCUT2D eigenvalue weighted by Gasteiger charge is -2.27. The lowest BCUT2D eigenvalue weighted by atomic mass is 9.92. The fourth-order valence-electron chi connectivity index (χ4n) is 6.74. The molecular formula is C41H44N8O8. The Morgan fingerprint density at radius 3 is 2.42 bits per heavy atom. The van der Waals surface area contributed by atoms with Gasteiger partial charge in [-0.15, -0.1) is 0 Å². The first-order chi connectivity index (χ1) is 27.5. The van der Waals surface area contributed by atoms with E-state index in [4.69, 9.17) is 14.2 Å². The predicted molar refractivity (Wildman–Crippen MR) is 210 cm³/mol. The molecule has 0 aliphatic carbocycles. The van der Waals surface area contributed by atoms with Crippen molar-refractivity contribution in [2.45, 2.75) is 57.9 Å². The van der Waals surface area contributed by atoms with Gasteiger partial charge in [0.25, 0.3) is 11.8 Å². The molecule has 296 valence electrons. The second kappa shape index (κ2) is 16.8. The number of piperidine rings is 1. The van der Waals surface area contributed by atoms with Crippen LogP contribution in [0.2, 0.25) is 0 Å². The van der Waals surface area contributed by atoms with Crippen LogP contribution in [-0.2, 0) is 30.9 Å². The summed E-state index contributed by atoms with van der Waals surface area (Å²) in [5.41, 5.74) is 5.28. The zero-order valence-corrected chi connectivity index (χ0v) is 31.9. The number of imidazole rings is 1. The molecule has 7 rings (SSSR count). The number of carbonyl (C=O) groups is 5. The summed E-state index contributed by atoms with van der Waals surface area (Å²) in [4.78, 5) is 68.3. The third-order valence-corrected chi connectivity index (χ3v) is 9.71. The number of benzene rings is 3. The fourth-order valence-corrected chi connectivity index (χ4v) is 6.74. The van der Waals surface area contributed by atoms with Crippen LogP contribution >= 0.6 is 0 Å². The van der Waals surface area contributed by atoms with Gasteiger partial charge in [0.05, 0.1) is 42.0 Å². The number of amides is 6. The molecule has 0 saturated carbocycles. The summed E-state index contributed by atoms with van der Waals surface area (Å²) in [6, 6.07) is 18.7. The van der Waals surface area contributed by atoms with Crippen molar-refractivity contribution < 1.29 is 38.2 Å². The van der Waals surface area contributed by atoms with Crippen LogP contribution in [0, 0.1) is 0 Å². The van der Waals surface area contributed by atoms with Gasteiger partial charge in [-0.3, -0.25) is 44.4 Å². The number of imide groups is 2. The maximum Gasteiger partial charge on any atom is 0.324 e. The molecular weight excluding hydrogens is 732 g/mol. The third-order valence-electron chi connectivity index (χ3n) is 9.71. The Bertz CT molecular complexity index is 2310. The van der Waals surface area contributed by atoms with Crippen LogP contribution in [0.4, 0.5) is 16.3 Å². The molecule has 0 spiro atoms. The molecule has 0 bridgehead atoms.